The second kappa shape index (κ2) is 7.79. The molecule has 1 fully saturated rings. The smallest absolute Gasteiger partial charge is 0.273 e. The Bertz CT molecular complexity index is 646. The first kappa shape index (κ1) is 17.6. The van der Waals surface area contributed by atoms with E-state index in [1.807, 2.05) is 12.1 Å². The number of hydrogen-bond donors (Lipinski definition) is 2. The number of aromatic nitrogens is 1. The molecule has 1 aromatic rings. The average molecular weight is 348 g/mol. The minimum Gasteiger partial charge on any atom is -0.396 e. The molecular weight excluding hydrogens is 324 g/mol. The fourth-order valence-electron chi connectivity index (χ4n) is 3.04. The molecule has 136 valence electrons. The zero-order valence-corrected chi connectivity index (χ0v) is 14.4. The van der Waals surface area contributed by atoms with Gasteiger partial charge in [-0.2, -0.15) is 0 Å². The van der Waals surface area contributed by atoms with Gasteiger partial charge in [-0.3, -0.25) is 9.59 Å². The third-order valence-corrected chi connectivity index (χ3v) is 4.58. The van der Waals surface area contributed by atoms with E-state index >= 15 is 0 Å². The van der Waals surface area contributed by atoms with E-state index in [9.17, 15) is 9.59 Å². The molecule has 0 unspecified atom stereocenters. The van der Waals surface area contributed by atoms with Crippen molar-refractivity contribution >= 4 is 17.6 Å². The van der Waals surface area contributed by atoms with Crippen LogP contribution in [0.25, 0.3) is 0 Å². The Morgan fingerprint density at radius 2 is 2.16 bits per heavy atom. The van der Waals surface area contributed by atoms with Crippen molar-refractivity contribution in [3.63, 3.8) is 0 Å². The molecule has 3 heterocycles. The number of ether oxygens (including phenoxy) is 1. The molecule has 1 saturated heterocycles. The van der Waals surface area contributed by atoms with Gasteiger partial charge in [-0.15, -0.1) is 0 Å². The Labute approximate surface area is 146 Å². The highest BCUT2D eigenvalue weighted by Crippen LogP contribution is 2.26. The van der Waals surface area contributed by atoms with E-state index in [0.717, 1.165) is 24.5 Å². The molecule has 2 amide bonds. The molecule has 0 saturated carbocycles. The zero-order valence-electron chi connectivity index (χ0n) is 14.4. The number of hydrogen-bond acceptors (Lipinski definition) is 6. The van der Waals surface area contributed by atoms with Gasteiger partial charge in [0.05, 0.1) is 13.2 Å². The van der Waals surface area contributed by atoms with Crippen molar-refractivity contribution in [2.24, 2.45) is 0 Å². The molecule has 0 radical (unpaired) electrons. The molecule has 0 aliphatic carbocycles. The van der Waals surface area contributed by atoms with Crippen LogP contribution in [0.4, 0.5) is 5.82 Å². The summed E-state index contributed by atoms with van der Waals surface area (Å²) in [6, 6.07) is 3.26. The zero-order chi connectivity index (χ0) is 17.8. The van der Waals surface area contributed by atoms with Crippen LogP contribution in [0, 0.1) is 0 Å². The Hall–Kier alpha value is -2.19. The number of nitrogens with zero attached hydrogens (tertiary/aromatic N) is 3. The van der Waals surface area contributed by atoms with Gasteiger partial charge in [-0.05, 0) is 19.4 Å². The van der Waals surface area contributed by atoms with Crippen LogP contribution in [-0.4, -0.2) is 72.3 Å². The number of pyridine rings is 1. The quantitative estimate of drug-likeness (QED) is 0.689. The molecule has 8 heteroatoms. The summed E-state index contributed by atoms with van der Waals surface area (Å²) in [5.74, 6) is 0.343. The summed E-state index contributed by atoms with van der Waals surface area (Å²) in [6.45, 7) is 5.35. The number of aliphatic hydroxyl groups excluding tert-OH is 1. The van der Waals surface area contributed by atoms with Crippen LogP contribution in [0.1, 0.15) is 29.4 Å². The molecule has 1 aromatic heterocycles. The van der Waals surface area contributed by atoms with Gasteiger partial charge in [-0.1, -0.05) is 6.07 Å². The van der Waals surface area contributed by atoms with Crippen LogP contribution in [-0.2, 0) is 16.1 Å². The lowest BCUT2D eigenvalue weighted by molar-refractivity contribution is -0.125. The fourth-order valence-corrected chi connectivity index (χ4v) is 3.04. The second-order valence-corrected chi connectivity index (χ2v) is 6.25. The number of carbonyl (C=O) groups is 2. The monoisotopic (exact) mass is 348 g/mol. The predicted octanol–water partition coefficient (Wildman–Crippen LogP) is -0.239. The predicted molar refractivity (Wildman–Crippen MR) is 91.3 cm³/mol. The number of nitrogens with one attached hydrogen (secondary N) is 1. The standard InChI is InChI=1S/C17H24N4O4/c1-12(16(23)18-5-2-8-22)21-11-13-3-4-14(19-15(13)17(21)24)20-6-9-25-10-7-20/h3-4,12,22H,2,5-11H2,1H3,(H,18,23)/t12-/m1/s1. The number of rotatable bonds is 6. The highest BCUT2D eigenvalue weighted by molar-refractivity contribution is 5.99. The SMILES string of the molecule is C[C@H](C(=O)NCCCO)N1Cc2ccc(N3CCOCC3)nc2C1=O. The molecule has 25 heavy (non-hydrogen) atoms. The van der Waals surface area contributed by atoms with Gasteiger partial charge in [-0.25, -0.2) is 4.98 Å². The average Bonchev–Trinajstić information content (AvgIpc) is 2.98. The molecule has 8 nitrogen and oxygen atoms in total. The second-order valence-electron chi connectivity index (χ2n) is 6.25. The minimum absolute atomic E-state index is 0.0248. The van der Waals surface area contributed by atoms with E-state index in [1.54, 1.807) is 6.92 Å². The van der Waals surface area contributed by atoms with E-state index in [0.29, 0.717) is 38.4 Å². The van der Waals surface area contributed by atoms with Crippen LogP contribution < -0.4 is 10.2 Å². The minimum atomic E-state index is -0.577. The molecule has 0 aromatic carbocycles. The number of morpholine rings is 1. The number of fused-ring (bicyclic) bond motifs is 1. The first-order chi connectivity index (χ1) is 12.1. The number of aliphatic hydroxyl groups is 1. The van der Waals surface area contributed by atoms with Gasteiger partial charge >= 0.3 is 0 Å². The Morgan fingerprint density at radius 3 is 2.88 bits per heavy atom. The van der Waals surface area contributed by atoms with E-state index in [1.165, 1.54) is 4.90 Å². The number of amides is 2. The maximum atomic E-state index is 12.7. The molecule has 0 bridgehead atoms. The molecule has 1 atom stereocenters. The van der Waals surface area contributed by atoms with Crippen LogP contribution in [0.15, 0.2) is 12.1 Å². The molecule has 2 aliphatic rings. The Kier molecular flexibility index (Phi) is 5.50. The van der Waals surface area contributed by atoms with Crippen LogP contribution in [0.3, 0.4) is 0 Å². The molecular formula is C17H24N4O4. The van der Waals surface area contributed by atoms with Crippen molar-refractivity contribution in [1.82, 2.24) is 15.2 Å². The maximum Gasteiger partial charge on any atom is 0.273 e. The summed E-state index contributed by atoms with van der Waals surface area (Å²) in [5.41, 5.74) is 1.27. The molecule has 2 N–H and O–H groups in total. The van der Waals surface area contributed by atoms with Crippen molar-refractivity contribution in [3.8, 4) is 0 Å². The van der Waals surface area contributed by atoms with Crippen molar-refractivity contribution < 1.29 is 19.4 Å². The topological polar surface area (TPSA) is 95.0 Å². The lowest BCUT2D eigenvalue weighted by Crippen LogP contribution is -2.45. The van der Waals surface area contributed by atoms with Gasteiger partial charge in [0, 0.05) is 38.3 Å². The molecule has 2 aliphatic heterocycles. The largest absolute Gasteiger partial charge is 0.396 e. The first-order valence-corrected chi connectivity index (χ1v) is 8.64. The van der Waals surface area contributed by atoms with Gasteiger partial charge < -0.3 is 25.0 Å². The fraction of sp³-hybridized carbons (Fsp3) is 0.588. The van der Waals surface area contributed by atoms with E-state index in [2.05, 4.69) is 15.2 Å². The third kappa shape index (κ3) is 3.74. The van der Waals surface area contributed by atoms with Crippen molar-refractivity contribution in [3.05, 3.63) is 23.4 Å². The lowest BCUT2D eigenvalue weighted by Gasteiger charge is -2.27. The van der Waals surface area contributed by atoms with Gasteiger partial charge in [0.25, 0.3) is 5.91 Å². The van der Waals surface area contributed by atoms with Crippen LogP contribution >= 0.6 is 0 Å². The van der Waals surface area contributed by atoms with Crippen molar-refractivity contribution in [2.45, 2.75) is 25.9 Å². The summed E-state index contributed by atoms with van der Waals surface area (Å²) in [4.78, 5) is 33.1. The maximum absolute atomic E-state index is 12.7. The van der Waals surface area contributed by atoms with Crippen LogP contribution in [0.2, 0.25) is 0 Å². The highest BCUT2D eigenvalue weighted by Gasteiger charge is 2.35. The lowest BCUT2D eigenvalue weighted by atomic mass is 10.2. The van der Waals surface area contributed by atoms with Crippen molar-refractivity contribution in [2.75, 3.05) is 44.4 Å². The van der Waals surface area contributed by atoms with Crippen LogP contribution in [0.5, 0.6) is 0 Å². The van der Waals surface area contributed by atoms with Gasteiger partial charge in [0.15, 0.2) is 0 Å². The summed E-state index contributed by atoms with van der Waals surface area (Å²) < 4.78 is 5.35. The van der Waals surface area contributed by atoms with E-state index in [-0.39, 0.29) is 18.4 Å². The highest BCUT2D eigenvalue weighted by atomic mass is 16.5. The Morgan fingerprint density at radius 1 is 1.40 bits per heavy atom. The van der Waals surface area contributed by atoms with Gasteiger partial charge in [0.2, 0.25) is 5.91 Å². The van der Waals surface area contributed by atoms with Gasteiger partial charge in [0.1, 0.15) is 17.6 Å². The Balaban J connectivity index is 1.69. The number of anilines is 1. The molecule has 3 rings (SSSR count). The number of carbonyl (C=O) groups excluding carboxylic acids is 2. The first-order valence-electron chi connectivity index (χ1n) is 8.64. The normalized spacial score (nSPS) is 18.2. The van der Waals surface area contributed by atoms with E-state index < -0.39 is 6.04 Å². The summed E-state index contributed by atoms with van der Waals surface area (Å²) in [5, 5.41) is 11.5. The summed E-state index contributed by atoms with van der Waals surface area (Å²) >= 11 is 0. The summed E-state index contributed by atoms with van der Waals surface area (Å²) in [6.07, 6.45) is 0.497. The summed E-state index contributed by atoms with van der Waals surface area (Å²) in [7, 11) is 0. The third-order valence-electron chi connectivity index (χ3n) is 4.58. The van der Waals surface area contributed by atoms with Crippen molar-refractivity contribution in [1.29, 1.82) is 0 Å². The van der Waals surface area contributed by atoms with E-state index in [4.69, 9.17) is 9.84 Å². The molecule has 0 spiro atoms.